The first-order valence-electron chi connectivity index (χ1n) is 7.49. The number of amides is 1. The lowest BCUT2D eigenvalue weighted by Gasteiger charge is -2.36. The molecule has 0 aliphatic carbocycles. The van der Waals surface area contributed by atoms with Crippen LogP contribution in [0.15, 0.2) is 24.3 Å². The van der Waals surface area contributed by atoms with Gasteiger partial charge in [-0.05, 0) is 39.7 Å². The monoisotopic (exact) mass is 291 g/mol. The van der Waals surface area contributed by atoms with Gasteiger partial charge in [-0.1, -0.05) is 29.8 Å². The molecule has 21 heavy (non-hydrogen) atoms. The highest BCUT2D eigenvalue weighted by atomic mass is 16.6. The van der Waals surface area contributed by atoms with Crippen molar-refractivity contribution >= 4 is 6.09 Å². The van der Waals surface area contributed by atoms with Gasteiger partial charge in [0.1, 0.15) is 5.60 Å². The Morgan fingerprint density at radius 1 is 1.29 bits per heavy atom. The lowest BCUT2D eigenvalue weighted by atomic mass is 9.87. The summed E-state index contributed by atoms with van der Waals surface area (Å²) in [5.74, 6) is 0.0873. The average Bonchev–Trinajstić information content (AvgIpc) is 2.38. The van der Waals surface area contributed by atoms with E-state index in [0.717, 1.165) is 12.0 Å². The number of rotatable bonds is 1. The molecule has 4 heteroatoms. The Morgan fingerprint density at radius 3 is 2.43 bits per heavy atom. The molecule has 1 aromatic rings. The number of likely N-dealkylation sites (tertiary alicyclic amines) is 1. The van der Waals surface area contributed by atoms with E-state index in [1.807, 2.05) is 27.7 Å². The summed E-state index contributed by atoms with van der Waals surface area (Å²) in [6.45, 7) is 8.53. The third-order valence-electron chi connectivity index (χ3n) is 3.74. The van der Waals surface area contributed by atoms with Crippen molar-refractivity contribution in [3.63, 3.8) is 0 Å². The number of piperidine rings is 1. The average molecular weight is 291 g/mol. The molecular formula is C17H25NO3. The van der Waals surface area contributed by atoms with Gasteiger partial charge < -0.3 is 14.7 Å². The molecule has 2 rings (SSSR count). The fourth-order valence-corrected chi connectivity index (χ4v) is 2.63. The molecule has 0 radical (unpaired) electrons. The zero-order valence-electron chi connectivity index (χ0n) is 13.3. The van der Waals surface area contributed by atoms with E-state index in [0.29, 0.717) is 13.1 Å². The molecule has 1 aliphatic rings. The third kappa shape index (κ3) is 4.21. The standard InChI is InChI=1S/C17H25NO3/c1-12-5-7-13(8-6-12)14-9-10-18(11-15(14)19)16(20)21-17(2,3)4/h5-8,14-15,19H,9-11H2,1-4H3/t14-,15-/m1/s1. The Hall–Kier alpha value is -1.55. The van der Waals surface area contributed by atoms with E-state index in [2.05, 4.69) is 24.3 Å². The van der Waals surface area contributed by atoms with Crippen molar-refractivity contribution in [2.24, 2.45) is 0 Å². The largest absolute Gasteiger partial charge is 0.444 e. The predicted octanol–water partition coefficient (Wildman–Crippen LogP) is 3.08. The Morgan fingerprint density at radius 2 is 1.90 bits per heavy atom. The lowest BCUT2D eigenvalue weighted by Crippen LogP contribution is -2.47. The van der Waals surface area contributed by atoms with Crippen LogP contribution in [-0.4, -0.2) is 40.9 Å². The zero-order valence-corrected chi connectivity index (χ0v) is 13.3. The summed E-state index contributed by atoms with van der Waals surface area (Å²) in [6, 6.07) is 8.24. The number of aliphatic hydroxyl groups is 1. The number of carbonyl (C=O) groups excluding carboxylic acids is 1. The molecule has 1 amide bonds. The second-order valence-electron chi connectivity index (χ2n) is 6.80. The van der Waals surface area contributed by atoms with Gasteiger partial charge >= 0.3 is 6.09 Å². The van der Waals surface area contributed by atoms with E-state index in [9.17, 15) is 9.90 Å². The van der Waals surface area contributed by atoms with Gasteiger partial charge in [0, 0.05) is 12.5 Å². The van der Waals surface area contributed by atoms with E-state index >= 15 is 0 Å². The second-order valence-corrected chi connectivity index (χ2v) is 6.80. The van der Waals surface area contributed by atoms with E-state index < -0.39 is 11.7 Å². The van der Waals surface area contributed by atoms with Crippen molar-refractivity contribution in [2.45, 2.75) is 51.7 Å². The molecule has 0 saturated carbocycles. The van der Waals surface area contributed by atoms with Gasteiger partial charge in [0.25, 0.3) is 0 Å². The molecule has 0 aromatic heterocycles. The number of β-amino-alcohol motifs (C(OH)–C–C–N with tert-alkyl or cyclic N) is 1. The van der Waals surface area contributed by atoms with E-state index in [4.69, 9.17) is 4.74 Å². The van der Waals surface area contributed by atoms with Gasteiger partial charge in [0.05, 0.1) is 12.6 Å². The smallest absolute Gasteiger partial charge is 0.410 e. The first kappa shape index (κ1) is 15.8. The number of hydrogen-bond donors (Lipinski definition) is 1. The number of nitrogens with zero attached hydrogens (tertiary/aromatic N) is 1. The SMILES string of the molecule is Cc1ccc([C@H]2CCN(C(=O)OC(C)(C)C)C[C@H]2O)cc1. The van der Waals surface area contributed by atoms with Crippen molar-refractivity contribution in [3.8, 4) is 0 Å². The topological polar surface area (TPSA) is 49.8 Å². The summed E-state index contributed by atoms with van der Waals surface area (Å²) in [5, 5.41) is 10.4. The number of ether oxygens (including phenoxy) is 1. The Kier molecular flexibility index (Phi) is 4.57. The quantitative estimate of drug-likeness (QED) is 0.865. The van der Waals surface area contributed by atoms with E-state index in [1.54, 1.807) is 4.90 Å². The van der Waals surface area contributed by atoms with Crippen LogP contribution in [0.4, 0.5) is 4.79 Å². The molecule has 1 saturated heterocycles. The van der Waals surface area contributed by atoms with Crippen LogP contribution in [-0.2, 0) is 4.74 Å². The highest BCUT2D eigenvalue weighted by Crippen LogP contribution is 2.29. The fourth-order valence-electron chi connectivity index (χ4n) is 2.63. The van der Waals surface area contributed by atoms with Gasteiger partial charge in [-0.2, -0.15) is 0 Å². The molecular weight excluding hydrogens is 266 g/mol. The minimum Gasteiger partial charge on any atom is -0.444 e. The van der Waals surface area contributed by atoms with Crippen LogP contribution < -0.4 is 0 Å². The number of hydrogen-bond acceptors (Lipinski definition) is 3. The molecule has 116 valence electrons. The van der Waals surface area contributed by atoms with Crippen LogP contribution in [0.3, 0.4) is 0 Å². The lowest BCUT2D eigenvalue weighted by molar-refractivity contribution is -0.00151. The molecule has 4 nitrogen and oxygen atoms in total. The molecule has 2 atom stereocenters. The number of aliphatic hydroxyl groups excluding tert-OH is 1. The van der Waals surface area contributed by atoms with Crippen molar-refractivity contribution in [1.29, 1.82) is 0 Å². The van der Waals surface area contributed by atoms with Crippen LogP contribution in [0.1, 0.15) is 44.2 Å². The van der Waals surface area contributed by atoms with Crippen LogP contribution >= 0.6 is 0 Å². The normalized spacial score (nSPS) is 23.0. The van der Waals surface area contributed by atoms with Crippen LogP contribution in [0.5, 0.6) is 0 Å². The first-order valence-corrected chi connectivity index (χ1v) is 7.49. The van der Waals surface area contributed by atoms with Gasteiger partial charge in [0.2, 0.25) is 0 Å². The summed E-state index contributed by atoms with van der Waals surface area (Å²) in [5.41, 5.74) is 1.84. The maximum atomic E-state index is 12.0. The van der Waals surface area contributed by atoms with Crippen molar-refractivity contribution in [1.82, 2.24) is 4.90 Å². The minimum atomic E-state index is -0.547. The summed E-state index contributed by atoms with van der Waals surface area (Å²) >= 11 is 0. The highest BCUT2D eigenvalue weighted by molar-refractivity contribution is 5.68. The fraction of sp³-hybridized carbons (Fsp3) is 0.588. The number of carbonyl (C=O) groups is 1. The van der Waals surface area contributed by atoms with Crippen molar-refractivity contribution in [3.05, 3.63) is 35.4 Å². The first-order chi connectivity index (χ1) is 9.76. The minimum absolute atomic E-state index is 0.0873. The van der Waals surface area contributed by atoms with Gasteiger partial charge in [-0.15, -0.1) is 0 Å². The van der Waals surface area contributed by atoms with Crippen LogP contribution in [0.2, 0.25) is 0 Å². The molecule has 0 bridgehead atoms. The molecule has 1 N–H and O–H groups in total. The molecule has 1 heterocycles. The van der Waals surface area contributed by atoms with Gasteiger partial charge in [0.15, 0.2) is 0 Å². The maximum Gasteiger partial charge on any atom is 0.410 e. The zero-order chi connectivity index (χ0) is 15.6. The molecule has 0 spiro atoms. The summed E-state index contributed by atoms with van der Waals surface area (Å²) in [4.78, 5) is 13.6. The number of aryl methyl sites for hydroxylation is 1. The Labute approximate surface area is 126 Å². The van der Waals surface area contributed by atoms with Gasteiger partial charge in [-0.3, -0.25) is 0 Å². The maximum absolute atomic E-state index is 12.0. The molecule has 0 unspecified atom stereocenters. The molecule has 1 aliphatic heterocycles. The second kappa shape index (κ2) is 6.06. The Balaban J connectivity index is 1.99. The summed E-state index contributed by atoms with van der Waals surface area (Å²) < 4.78 is 5.36. The molecule has 1 aromatic carbocycles. The Bertz CT molecular complexity index is 490. The van der Waals surface area contributed by atoms with Crippen molar-refractivity contribution in [2.75, 3.05) is 13.1 Å². The molecule has 1 fully saturated rings. The van der Waals surface area contributed by atoms with Crippen LogP contribution in [0.25, 0.3) is 0 Å². The van der Waals surface area contributed by atoms with Crippen LogP contribution in [0, 0.1) is 6.92 Å². The summed E-state index contributed by atoms with van der Waals surface area (Å²) in [7, 11) is 0. The van der Waals surface area contributed by atoms with Crippen molar-refractivity contribution < 1.29 is 14.6 Å². The summed E-state index contributed by atoms with van der Waals surface area (Å²) in [6.07, 6.45) is -0.137. The van der Waals surface area contributed by atoms with E-state index in [1.165, 1.54) is 5.56 Å². The predicted molar refractivity (Wildman–Crippen MR) is 82.4 cm³/mol. The third-order valence-corrected chi connectivity index (χ3v) is 3.74. The van der Waals surface area contributed by atoms with Gasteiger partial charge in [-0.25, -0.2) is 4.79 Å². The highest BCUT2D eigenvalue weighted by Gasteiger charge is 2.33. The number of benzene rings is 1. The van der Waals surface area contributed by atoms with E-state index in [-0.39, 0.29) is 12.0 Å².